The lowest BCUT2D eigenvalue weighted by Gasteiger charge is -2.20. The molecule has 0 saturated heterocycles. The third-order valence-corrected chi connectivity index (χ3v) is 4.07. The van der Waals surface area contributed by atoms with Gasteiger partial charge in [0.25, 0.3) is 5.91 Å². The molecule has 0 aliphatic carbocycles. The summed E-state index contributed by atoms with van der Waals surface area (Å²) in [4.78, 5) is 23.2. The van der Waals surface area contributed by atoms with Crippen LogP contribution in [0.15, 0.2) is 23.1 Å². The molecule has 0 aromatic heterocycles. The third kappa shape index (κ3) is 4.45. The highest BCUT2D eigenvalue weighted by molar-refractivity contribution is 7.90. The van der Waals surface area contributed by atoms with Gasteiger partial charge in [0.2, 0.25) is 5.91 Å². The molecule has 21 heavy (non-hydrogen) atoms. The molecule has 1 aromatic rings. The van der Waals surface area contributed by atoms with Crippen LogP contribution in [0.2, 0.25) is 0 Å². The second-order valence-corrected chi connectivity index (χ2v) is 7.51. The average molecular weight is 313 g/mol. The van der Waals surface area contributed by atoms with Crippen LogP contribution in [0.4, 0.5) is 5.69 Å². The molecule has 2 amide bonds. The van der Waals surface area contributed by atoms with Gasteiger partial charge in [0.05, 0.1) is 10.3 Å². The normalized spacial score (nSPS) is 12.0. The Bertz CT molecular complexity index is 681. The van der Waals surface area contributed by atoms with E-state index in [4.69, 9.17) is 11.5 Å². The number of primary amides is 1. The highest BCUT2D eigenvalue weighted by Gasteiger charge is 2.25. The highest BCUT2D eigenvalue weighted by atomic mass is 32.2. The summed E-state index contributed by atoms with van der Waals surface area (Å²) in [6.45, 7) is 3.22. The van der Waals surface area contributed by atoms with Gasteiger partial charge in [-0.1, -0.05) is 0 Å². The summed E-state index contributed by atoms with van der Waals surface area (Å²) < 4.78 is 23.0. The van der Waals surface area contributed by atoms with Gasteiger partial charge in [-0.05, 0) is 32.0 Å². The van der Waals surface area contributed by atoms with Gasteiger partial charge in [0, 0.05) is 24.1 Å². The standard InChI is InChI=1S/C13H19N3O4S/c1-13(2,12(15)18)7-16-11(17)8-4-9(14)6-10(5-8)21(3,19)20/h4-6H,7,14H2,1-3H3,(H2,15,18)(H,16,17). The van der Waals surface area contributed by atoms with Gasteiger partial charge in [-0.25, -0.2) is 8.42 Å². The summed E-state index contributed by atoms with van der Waals surface area (Å²) in [5.74, 6) is -1.08. The van der Waals surface area contributed by atoms with E-state index in [-0.39, 0.29) is 22.7 Å². The zero-order chi connectivity index (χ0) is 16.4. The fourth-order valence-electron chi connectivity index (χ4n) is 1.46. The first-order valence-corrected chi connectivity index (χ1v) is 8.01. The van der Waals surface area contributed by atoms with Crippen LogP contribution in [0.25, 0.3) is 0 Å². The predicted octanol–water partition coefficient (Wildman–Crippen LogP) is -0.0864. The van der Waals surface area contributed by atoms with Gasteiger partial charge >= 0.3 is 0 Å². The van der Waals surface area contributed by atoms with Crippen LogP contribution in [0, 0.1) is 5.41 Å². The number of nitrogen functional groups attached to an aromatic ring is 1. The van der Waals surface area contributed by atoms with Crippen molar-refractivity contribution in [3.63, 3.8) is 0 Å². The molecule has 5 N–H and O–H groups in total. The number of carbonyl (C=O) groups excluding carboxylic acids is 2. The number of hydrogen-bond acceptors (Lipinski definition) is 5. The van der Waals surface area contributed by atoms with E-state index >= 15 is 0 Å². The maximum absolute atomic E-state index is 12.0. The third-order valence-electron chi connectivity index (χ3n) is 2.98. The maximum atomic E-state index is 12.0. The molecule has 8 heteroatoms. The molecule has 0 heterocycles. The number of sulfone groups is 1. The molecule has 116 valence electrons. The molecule has 0 aliphatic heterocycles. The molecule has 0 spiro atoms. The Labute approximate surface area is 123 Å². The number of anilines is 1. The summed E-state index contributed by atoms with van der Waals surface area (Å²) >= 11 is 0. The number of amides is 2. The van der Waals surface area contributed by atoms with Crippen LogP contribution in [0.5, 0.6) is 0 Å². The number of benzene rings is 1. The summed E-state index contributed by atoms with van der Waals surface area (Å²) in [7, 11) is -3.47. The van der Waals surface area contributed by atoms with Crippen LogP contribution >= 0.6 is 0 Å². The Kier molecular flexibility index (Phi) is 4.62. The van der Waals surface area contributed by atoms with Crippen LogP contribution in [-0.4, -0.2) is 33.0 Å². The number of hydrogen-bond donors (Lipinski definition) is 3. The lowest BCUT2D eigenvalue weighted by molar-refractivity contribution is -0.125. The van der Waals surface area contributed by atoms with E-state index in [0.717, 1.165) is 6.26 Å². The minimum atomic E-state index is -3.47. The number of carbonyl (C=O) groups is 2. The topological polar surface area (TPSA) is 132 Å². The van der Waals surface area contributed by atoms with Gasteiger partial charge in [0.1, 0.15) is 0 Å². The van der Waals surface area contributed by atoms with Crippen molar-refractivity contribution in [3.8, 4) is 0 Å². The zero-order valence-corrected chi connectivity index (χ0v) is 13.0. The lowest BCUT2D eigenvalue weighted by Crippen LogP contribution is -2.42. The second kappa shape index (κ2) is 5.72. The summed E-state index contributed by atoms with van der Waals surface area (Å²) in [5.41, 5.74) is 10.2. The van der Waals surface area contributed by atoms with Crippen molar-refractivity contribution in [1.82, 2.24) is 5.32 Å². The molecule has 0 saturated carbocycles. The Hall–Kier alpha value is -2.09. The summed E-state index contributed by atoms with van der Waals surface area (Å²) in [5, 5.41) is 2.54. The molecule has 0 bridgehead atoms. The van der Waals surface area contributed by atoms with E-state index in [1.54, 1.807) is 13.8 Å². The molecular formula is C13H19N3O4S. The molecule has 0 radical (unpaired) electrons. The van der Waals surface area contributed by atoms with Crippen molar-refractivity contribution < 1.29 is 18.0 Å². The van der Waals surface area contributed by atoms with Crippen LogP contribution < -0.4 is 16.8 Å². The molecular weight excluding hydrogens is 294 g/mol. The lowest BCUT2D eigenvalue weighted by atomic mass is 9.92. The SMILES string of the molecule is CC(C)(CNC(=O)c1cc(N)cc(S(C)(=O)=O)c1)C(N)=O. The van der Waals surface area contributed by atoms with E-state index < -0.39 is 27.1 Å². The Morgan fingerprint density at radius 2 is 1.81 bits per heavy atom. The zero-order valence-electron chi connectivity index (χ0n) is 12.1. The van der Waals surface area contributed by atoms with Gasteiger partial charge in [0.15, 0.2) is 9.84 Å². The van der Waals surface area contributed by atoms with Gasteiger partial charge in [-0.15, -0.1) is 0 Å². The first kappa shape index (κ1) is 17.0. The molecule has 0 atom stereocenters. The van der Waals surface area contributed by atoms with E-state index in [2.05, 4.69) is 5.32 Å². The Morgan fingerprint density at radius 3 is 2.29 bits per heavy atom. The molecule has 1 rings (SSSR count). The van der Waals surface area contributed by atoms with Crippen molar-refractivity contribution >= 4 is 27.3 Å². The van der Waals surface area contributed by atoms with Crippen molar-refractivity contribution in [2.24, 2.45) is 11.1 Å². The van der Waals surface area contributed by atoms with Crippen molar-refractivity contribution in [1.29, 1.82) is 0 Å². The van der Waals surface area contributed by atoms with E-state index in [1.165, 1.54) is 18.2 Å². The minimum absolute atomic E-state index is 0.0319. The number of rotatable bonds is 5. The first-order chi connectivity index (χ1) is 9.43. The quantitative estimate of drug-likeness (QED) is 0.654. The smallest absolute Gasteiger partial charge is 0.251 e. The maximum Gasteiger partial charge on any atom is 0.251 e. The van der Waals surface area contributed by atoms with Crippen LogP contribution in [-0.2, 0) is 14.6 Å². The fraction of sp³-hybridized carbons (Fsp3) is 0.385. The van der Waals surface area contributed by atoms with Crippen LogP contribution in [0.3, 0.4) is 0 Å². The highest BCUT2D eigenvalue weighted by Crippen LogP contribution is 2.17. The fourth-order valence-corrected chi connectivity index (χ4v) is 2.15. The first-order valence-electron chi connectivity index (χ1n) is 6.12. The molecule has 0 unspecified atom stereocenters. The van der Waals surface area contributed by atoms with Crippen molar-refractivity contribution in [2.45, 2.75) is 18.7 Å². The molecule has 1 aromatic carbocycles. The van der Waals surface area contributed by atoms with E-state index in [1.807, 2.05) is 0 Å². The predicted molar refractivity (Wildman–Crippen MR) is 79.3 cm³/mol. The second-order valence-electron chi connectivity index (χ2n) is 5.49. The summed E-state index contributed by atoms with van der Waals surface area (Å²) in [6, 6.07) is 3.87. The largest absolute Gasteiger partial charge is 0.399 e. The average Bonchev–Trinajstić information content (AvgIpc) is 2.34. The molecule has 7 nitrogen and oxygen atoms in total. The van der Waals surface area contributed by atoms with Gasteiger partial charge < -0.3 is 16.8 Å². The van der Waals surface area contributed by atoms with Gasteiger partial charge in [-0.3, -0.25) is 9.59 Å². The summed E-state index contributed by atoms with van der Waals surface area (Å²) in [6.07, 6.45) is 1.03. The Morgan fingerprint density at radius 1 is 1.24 bits per heavy atom. The van der Waals surface area contributed by atoms with E-state index in [0.29, 0.717) is 0 Å². The van der Waals surface area contributed by atoms with Crippen molar-refractivity contribution in [2.75, 3.05) is 18.5 Å². The monoisotopic (exact) mass is 313 g/mol. The van der Waals surface area contributed by atoms with Crippen molar-refractivity contribution in [3.05, 3.63) is 23.8 Å². The Balaban J connectivity index is 2.99. The molecule has 0 fully saturated rings. The van der Waals surface area contributed by atoms with Crippen LogP contribution in [0.1, 0.15) is 24.2 Å². The number of nitrogens with one attached hydrogen (secondary N) is 1. The van der Waals surface area contributed by atoms with Gasteiger partial charge in [-0.2, -0.15) is 0 Å². The minimum Gasteiger partial charge on any atom is -0.399 e. The van der Waals surface area contributed by atoms with E-state index in [9.17, 15) is 18.0 Å². The number of nitrogens with two attached hydrogens (primary N) is 2. The molecule has 0 aliphatic rings.